The van der Waals surface area contributed by atoms with E-state index in [0.29, 0.717) is 19.6 Å². The third kappa shape index (κ3) is 3.82. The molecule has 100 valence electrons. The number of hydrogen-bond donors (Lipinski definition) is 1. The van der Waals surface area contributed by atoms with E-state index in [0.717, 1.165) is 17.8 Å². The van der Waals surface area contributed by atoms with E-state index in [4.69, 9.17) is 5.73 Å². The van der Waals surface area contributed by atoms with Crippen LogP contribution in [0.4, 0.5) is 5.69 Å². The second kappa shape index (κ2) is 7.13. The molecule has 4 nitrogen and oxygen atoms in total. The SMILES string of the molecule is CCN(C(=O)CN(C)CCN)c1ccccc1C. The molecule has 0 radical (unpaired) electrons. The first-order valence-corrected chi connectivity index (χ1v) is 6.34. The second-order valence-electron chi connectivity index (χ2n) is 4.45. The lowest BCUT2D eigenvalue weighted by Gasteiger charge is -2.25. The van der Waals surface area contributed by atoms with Gasteiger partial charge in [0.15, 0.2) is 0 Å². The average Bonchev–Trinajstić information content (AvgIpc) is 2.32. The molecule has 4 heteroatoms. The molecule has 0 saturated carbocycles. The van der Waals surface area contributed by atoms with Crippen molar-refractivity contribution in [3.8, 4) is 0 Å². The Labute approximate surface area is 109 Å². The highest BCUT2D eigenvalue weighted by molar-refractivity contribution is 5.95. The summed E-state index contributed by atoms with van der Waals surface area (Å²) in [4.78, 5) is 16.0. The van der Waals surface area contributed by atoms with Crippen molar-refractivity contribution in [3.05, 3.63) is 29.8 Å². The van der Waals surface area contributed by atoms with Gasteiger partial charge in [-0.15, -0.1) is 0 Å². The molecule has 0 bridgehead atoms. The van der Waals surface area contributed by atoms with Crippen molar-refractivity contribution in [3.63, 3.8) is 0 Å². The van der Waals surface area contributed by atoms with E-state index in [1.165, 1.54) is 0 Å². The van der Waals surface area contributed by atoms with Gasteiger partial charge in [0.25, 0.3) is 0 Å². The van der Waals surface area contributed by atoms with Crippen molar-refractivity contribution in [2.75, 3.05) is 38.1 Å². The Hall–Kier alpha value is -1.39. The van der Waals surface area contributed by atoms with Gasteiger partial charge in [-0.3, -0.25) is 9.69 Å². The van der Waals surface area contributed by atoms with Crippen molar-refractivity contribution in [2.24, 2.45) is 5.73 Å². The van der Waals surface area contributed by atoms with Gasteiger partial charge in [-0.2, -0.15) is 0 Å². The smallest absolute Gasteiger partial charge is 0.241 e. The maximum Gasteiger partial charge on any atom is 0.241 e. The normalized spacial score (nSPS) is 10.7. The largest absolute Gasteiger partial charge is 0.329 e. The van der Waals surface area contributed by atoms with E-state index in [1.807, 2.05) is 55.0 Å². The fourth-order valence-electron chi connectivity index (χ4n) is 1.96. The van der Waals surface area contributed by atoms with Gasteiger partial charge in [-0.1, -0.05) is 18.2 Å². The summed E-state index contributed by atoms with van der Waals surface area (Å²) in [5.74, 6) is 0.114. The molecular weight excluding hydrogens is 226 g/mol. The number of rotatable bonds is 6. The Kier molecular flexibility index (Phi) is 5.82. The minimum absolute atomic E-state index is 0.114. The molecule has 0 fully saturated rings. The second-order valence-corrected chi connectivity index (χ2v) is 4.45. The van der Waals surface area contributed by atoms with E-state index in [-0.39, 0.29) is 5.91 Å². The highest BCUT2D eigenvalue weighted by atomic mass is 16.2. The molecule has 0 unspecified atom stereocenters. The van der Waals surface area contributed by atoms with Crippen LogP contribution in [0.1, 0.15) is 12.5 Å². The first-order chi connectivity index (χ1) is 8.60. The van der Waals surface area contributed by atoms with Gasteiger partial charge in [-0.25, -0.2) is 0 Å². The summed E-state index contributed by atoms with van der Waals surface area (Å²) in [6, 6.07) is 7.95. The van der Waals surface area contributed by atoms with E-state index in [9.17, 15) is 4.79 Å². The molecule has 0 saturated heterocycles. The number of nitrogens with zero attached hydrogens (tertiary/aromatic N) is 2. The minimum atomic E-state index is 0.114. The van der Waals surface area contributed by atoms with Crippen LogP contribution < -0.4 is 10.6 Å². The molecule has 0 atom stereocenters. The van der Waals surface area contributed by atoms with Crippen LogP contribution >= 0.6 is 0 Å². The summed E-state index contributed by atoms with van der Waals surface area (Å²) in [5.41, 5.74) is 7.59. The molecule has 0 aliphatic heterocycles. The number of aryl methyl sites for hydroxylation is 1. The maximum atomic E-state index is 12.3. The van der Waals surface area contributed by atoms with Crippen LogP contribution in [0.3, 0.4) is 0 Å². The van der Waals surface area contributed by atoms with Gasteiger partial charge >= 0.3 is 0 Å². The third-order valence-corrected chi connectivity index (χ3v) is 2.94. The standard InChI is InChI=1S/C14H23N3O/c1-4-17(13-8-6-5-7-12(13)2)14(18)11-16(3)10-9-15/h5-8H,4,9-11,15H2,1-3H3. The Balaban J connectivity index is 2.78. The molecule has 2 N–H and O–H groups in total. The number of amides is 1. The predicted molar refractivity (Wildman–Crippen MR) is 75.8 cm³/mol. The molecule has 0 heterocycles. The van der Waals surface area contributed by atoms with Crippen LogP contribution in [-0.4, -0.2) is 44.0 Å². The number of carbonyl (C=O) groups is 1. The van der Waals surface area contributed by atoms with Crippen LogP contribution in [0.2, 0.25) is 0 Å². The van der Waals surface area contributed by atoms with Crippen LogP contribution in [0.25, 0.3) is 0 Å². The van der Waals surface area contributed by atoms with Gasteiger partial charge in [0, 0.05) is 25.3 Å². The van der Waals surface area contributed by atoms with Crippen LogP contribution in [-0.2, 0) is 4.79 Å². The van der Waals surface area contributed by atoms with Crippen LogP contribution in [0.15, 0.2) is 24.3 Å². The molecule has 1 aromatic rings. The zero-order valence-corrected chi connectivity index (χ0v) is 11.5. The summed E-state index contributed by atoms with van der Waals surface area (Å²) in [6.07, 6.45) is 0. The first kappa shape index (κ1) is 14.7. The number of hydrogen-bond acceptors (Lipinski definition) is 3. The number of anilines is 1. The first-order valence-electron chi connectivity index (χ1n) is 6.34. The van der Waals surface area contributed by atoms with E-state index < -0.39 is 0 Å². The topological polar surface area (TPSA) is 49.6 Å². The van der Waals surface area contributed by atoms with E-state index >= 15 is 0 Å². The lowest BCUT2D eigenvalue weighted by atomic mass is 10.2. The quantitative estimate of drug-likeness (QED) is 0.825. The summed E-state index contributed by atoms with van der Waals surface area (Å²) in [5, 5.41) is 0. The number of para-hydroxylation sites is 1. The third-order valence-electron chi connectivity index (χ3n) is 2.94. The molecule has 0 aromatic heterocycles. The van der Waals surface area contributed by atoms with E-state index in [1.54, 1.807) is 0 Å². The van der Waals surface area contributed by atoms with Crippen LogP contribution in [0, 0.1) is 6.92 Å². The predicted octanol–water partition coefficient (Wildman–Crippen LogP) is 1.24. The lowest BCUT2D eigenvalue weighted by molar-refractivity contribution is -0.119. The van der Waals surface area contributed by atoms with Crippen molar-refractivity contribution >= 4 is 11.6 Å². The number of carbonyl (C=O) groups excluding carboxylic acids is 1. The van der Waals surface area contributed by atoms with Gasteiger partial charge in [0.2, 0.25) is 5.91 Å². The summed E-state index contributed by atoms with van der Waals surface area (Å²) in [7, 11) is 1.91. The Morgan fingerprint density at radius 3 is 2.56 bits per heavy atom. The van der Waals surface area contributed by atoms with Gasteiger partial charge < -0.3 is 10.6 Å². The van der Waals surface area contributed by atoms with Crippen molar-refractivity contribution < 1.29 is 4.79 Å². The molecule has 18 heavy (non-hydrogen) atoms. The van der Waals surface area contributed by atoms with Crippen molar-refractivity contribution in [1.82, 2.24) is 4.90 Å². The highest BCUT2D eigenvalue weighted by Crippen LogP contribution is 2.19. The van der Waals surface area contributed by atoms with E-state index in [2.05, 4.69) is 0 Å². The summed E-state index contributed by atoms with van der Waals surface area (Å²) in [6.45, 7) is 6.40. The fourth-order valence-corrected chi connectivity index (χ4v) is 1.96. The maximum absolute atomic E-state index is 12.3. The Morgan fingerprint density at radius 2 is 2.00 bits per heavy atom. The van der Waals surface area contributed by atoms with Crippen LogP contribution in [0.5, 0.6) is 0 Å². The summed E-state index contributed by atoms with van der Waals surface area (Å²) >= 11 is 0. The molecule has 1 rings (SSSR count). The molecular formula is C14H23N3O. The zero-order valence-electron chi connectivity index (χ0n) is 11.5. The van der Waals surface area contributed by atoms with Crippen molar-refractivity contribution in [1.29, 1.82) is 0 Å². The lowest BCUT2D eigenvalue weighted by Crippen LogP contribution is -2.40. The zero-order chi connectivity index (χ0) is 13.5. The number of benzene rings is 1. The molecule has 0 aliphatic carbocycles. The van der Waals surface area contributed by atoms with Gasteiger partial charge in [-0.05, 0) is 32.5 Å². The Morgan fingerprint density at radius 1 is 1.33 bits per heavy atom. The number of nitrogens with two attached hydrogens (primary N) is 1. The molecule has 1 aromatic carbocycles. The monoisotopic (exact) mass is 249 g/mol. The highest BCUT2D eigenvalue weighted by Gasteiger charge is 2.16. The van der Waals surface area contributed by atoms with Gasteiger partial charge in [0.05, 0.1) is 6.54 Å². The molecule has 1 amide bonds. The molecule has 0 spiro atoms. The summed E-state index contributed by atoms with van der Waals surface area (Å²) < 4.78 is 0. The molecule has 0 aliphatic rings. The number of likely N-dealkylation sites (N-methyl/N-ethyl adjacent to an activating group) is 2. The Bertz CT molecular complexity index is 392. The fraction of sp³-hybridized carbons (Fsp3) is 0.500. The van der Waals surface area contributed by atoms with Crippen molar-refractivity contribution in [2.45, 2.75) is 13.8 Å². The average molecular weight is 249 g/mol. The minimum Gasteiger partial charge on any atom is -0.329 e. The van der Waals surface area contributed by atoms with Gasteiger partial charge in [0.1, 0.15) is 0 Å².